The maximum atomic E-state index is 12.5. The van der Waals surface area contributed by atoms with Crippen molar-refractivity contribution >= 4 is 5.78 Å². The van der Waals surface area contributed by atoms with E-state index in [0.717, 1.165) is 24.1 Å². The fraction of sp³-hybridized carbons (Fsp3) is 0.235. The second-order valence-corrected chi connectivity index (χ2v) is 4.96. The van der Waals surface area contributed by atoms with Crippen molar-refractivity contribution in [2.45, 2.75) is 18.9 Å². The molecule has 0 saturated heterocycles. The predicted molar refractivity (Wildman–Crippen MR) is 76.0 cm³/mol. The first kappa shape index (κ1) is 12.1. The molecule has 1 N–H and O–H groups in total. The Morgan fingerprint density at radius 1 is 1.05 bits per heavy atom. The van der Waals surface area contributed by atoms with E-state index in [0.29, 0.717) is 6.42 Å². The molecule has 0 aromatic heterocycles. The van der Waals surface area contributed by atoms with E-state index in [-0.39, 0.29) is 11.8 Å². The monoisotopic (exact) mass is 251 g/mol. The van der Waals surface area contributed by atoms with Crippen LogP contribution in [0.1, 0.15) is 22.7 Å². The first-order valence-corrected chi connectivity index (χ1v) is 6.72. The largest absolute Gasteiger partial charge is 0.303 e. The van der Waals surface area contributed by atoms with Gasteiger partial charge in [-0.15, -0.1) is 0 Å². The molecule has 0 saturated carbocycles. The summed E-state index contributed by atoms with van der Waals surface area (Å²) in [6, 6.07) is 18.0. The molecule has 0 spiro atoms. The predicted octanol–water partition coefficient (Wildman–Crippen LogP) is 2.69. The Balaban J connectivity index is 1.82. The summed E-state index contributed by atoms with van der Waals surface area (Å²) in [6.07, 6.45) is 1.50. The lowest BCUT2D eigenvalue weighted by Crippen LogP contribution is -2.35. The van der Waals surface area contributed by atoms with Crippen LogP contribution in [0.3, 0.4) is 0 Å². The van der Waals surface area contributed by atoms with Gasteiger partial charge >= 0.3 is 0 Å². The zero-order valence-electron chi connectivity index (χ0n) is 10.8. The molecule has 0 aliphatic carbocycles. The number of Topliss-reactive ketones (excluding diaryl/α,β-unsaturated/α-hetero) is 1. The molecule has 2 nitrogen and oxygen atoms in total. The third kappa shape index (κ3) is 2.59. The molecule has 1 atom stereocenters. The number of carbonyl (C=O) groups is 1. The van der Waals surface area contributed by atoms with Crippen LogP contribution in [0.5, 0.6) is 0 Å². The van der Waals surface area contributed by atoms with E-state index in [1.54, 1.807) is 0 Å². The van der Waals surface area contributed by atoms with Crippen molar-refractivity contribution in [3.05, 3.63) is 71.3 Å². The highest BCUT2D eigenvalue weighted by Gasteiger charge is 2.25. The Hall–Kier alpha value is -1.93. The van der Waals surface area contributed by atoms with Gasteiger partial charge < -0.3 is 5.32 Å². The zero-order chi connectivity index (χ0) is 13.1. The molecular formula is C17H17NO. The van der Waals surface area contributed by atoms with Crippen molar-refractivity contribution in [2.24, 2.45) is 0 Å². The highest BCUT2D eigenvalue weighted by molar-refractivity contribution is 5.87. The Labute approximate surface area is 113 Å². The summed E-state index contributed by atoms with van der Waals surface area (Å²) in [5.41, 5.74) is 3.53. The summed E-state index contributed by atoms with van der Waals surface area (Å²) >= 11 is 0. The maximum Gasteiger partial charge on any atom is 0.158 e. The average molecular weight is 251 g/mol. The molecule has 3 rings (SSSR count). The van der Waals surface area contributed by atoms with Gasteiger partial charge in [0.25, 0.3) is 0 Å². The average Bonchev–Trinajstić information content (AvgIpc) is 2.47. The Morgan fingerprint density at radius 3 is 2.63 bits per heavy atom. The third-order valence-electron chi connectivity index (χ3n) is 3.65. The molecule has 1 heterocycles. The standard InChI is InChI=1S/C17H17NO/c19-16(12-13-6-2-1-3-7-13)17-15-9-5-4-8-14(15)10-11-18-17/h1-9,17-18H,10-12H2. The van der Waals surface area contributed by atoms with E-state index in [1.165, 1.54) is 5.56 Å². The molecule has 0 radical (unpaired) electrons. The molecule has 2 aromatic rings. The van der Waals surface area contributed by atoms with Crippen LogP contribution >= 0.6 is 0 Å². The number of ketones is 1. The van der Waals surface area contributed by atoms with Gasteiger partial charge in [0.05, 0.1) is 6.04 Å². The Kier molecular flexibility index (Phi) is 3.43. The number of hydrogen-bond acceptors (Lipinski definition) is 2. The maximum absolute atomic E-state index is 12.5. The molecule has 1 aliphatic heterocycles. The lowest BCUT2D eigenvalue weighted by atomic mass is 9.90. The van der Waals surface area contributed by atoms with Crippen LogP contribution in [0.25, 0.3) is 0 Å². The number of rotatable bonds is 3. The molecule has 2 aromatic carbocycles. The molecule has 96 valence electrons. The number of carbonyl (C=O) groups excluding carboxylic acids is 1. The molecule has 2 heteroatoms. The minimum atomic E-state index is -0.148. The van der Waals surface area contributed by atoms with E-state index in [1.807, 2.05) is 42.5 Å². The van der Waals surface area contributed by atoms with E-state index in [2.05, 4.69) is 17.4 Å². The van der Waals surface area contributed by atoms with Gasteiger partial charge in [0.1, 0.15) is 0 Å². The van der Waals surface area contributed by atoms with Crippen LogP contribution in [0, 0.1) is 0 Å². The van der Waals surface area contributed by atoms with Crippen LogP contribution in [0.15, 0.2) is 54.6 Å². The first-order chi connectivity index (χ1) is 9.34. The van der Waals surface area contributed by atoms with Crippen LogP contribution in [0.2, 0.25) is 0 Å². The zero-order valence-corrected chi connectivity index (χ0v) is 10.8. The summed E-state index contributed by atoms with van der Waals surface area (Å²) in [5.74, 6) is 0.248. The molecule has 19 heavy (non-hydrogen) atoms. The molecule has 0 amide bonds. The highest BCUT2D eigenvalue weighted by atomic mass is 16.1. The van der Waals surface area contributed by atoms with E-state index >= 15 is 0 Å². The summed E-state index contributed by atoms with van der Waals surface area (Å²) < 4.78 is 0. The minimum Gasteiger partial charge on any atom is -0.303 e. The fourth-order valence-electron chi connectivity index (χ4n) is 2.69. The number of hydrogen-bond donors (Lipinski definition) is 1. The van der Waals surface area contributed by atoms with E-state index in [9.17, 15) is 4.79 Å². The minimum absolute atomic E-state index is 0.148. The number of nitrogens with one attached hydrogen (secondary N) is 1. The second-order valence-electron chi connectivity index (χ2n) is 4.96. The van der Waals surface area contributed by atoms with E-state index in [4.69, 9.17) is 0 Å². The van der Waals surface area contributed by atoms with Crippen molar-refractivity contribution in [1.29, 1.82) is 0 Å². The van der Waals surface area contributed by atoms with Crippen LogP contribution in [-0.4, -0.2) is 12.3 Å². The number of fused-ring (bicyclic) bond motifs is 1. The Morgan fingerprint density at radius 2 is 1.79 bits per heavy atom. The van der Waals surface area contributed by atoms with Gasteiger partial charge in [-0.1, -0.05) is 54.6 Å². The lowest BCUT2D eigenvalue weighted by molar-refractivity contribution is -0.120. The van der Waals surface area contributed by atoms with Crippen molar-refractivity contribution < 1.29 is 4.79 Å². The van der Waals surface area contributed by atoms with Crippen LogP contribution in [0.4, 0.5) is 0 Å². The van der Waals surface area contributed by atoms with Gasteiger partial charge in [0, 0.05) is 13.0 Å². The Bertz CT molecular complexity index is 577. The SMILES string of the molecule is O=C(Cc1ccccc1)C1NCCc2ccccc21. The fourth-order valence-corrected chi connectivity index (χ4v) is 2.69. The van der Waals surface area contributed by atoms with Gasteiger partial charge in [-0.2, -0.15) is 0 Å². The van der Waals surface area contributed by atoms with Crippen molar-refractivity contribution in [3.63, 3.8) is 0 Å². The normalized spacial score (nSPS) is 17.8. The van der Waals surface area contributed by atoms with Crippen molar-refractivity contribution in [3.8, 4) is 0 Å². The van der Waals surface area contributed by atoms with Gasteiger partial charge in [-0.25, -0.2) is 0 Å². The summed E-state index contributed by atoms with van der Waals surface area (Å²) in [6.45, 7) is 0.877. The van der Waals surface area contributed by atoms with Crippen molar-refractivity contribution in [1.82, 2.24) is 5.32 Å². The topological polar surface area (TPSA) is 29.1 Å². The van der Waals surface area contributed by atoms with Gasteiger partial charge in [-0.05, 0) is 23.1 Å². The summed E-state index contributed by atoms with van der Waals surface area (Å²) in [5, 5.41) is 3.35. The molecular weight excluding hydrogens is 234 g/mol. The van der Waals surface area contributed by atoms with Gasteiger partial charge in [0.2, 0.25) is 0 Å². The third-order valence-corrected chi connectivity index (χ3v) is 3.65. The van der Waals surface area contributed by atoms with Gasteiger partial charge in [-0.3, -0.25) is 4.79 Å². The first-order valence-electron chi connectivity index (χ1n) is 6.72. The molecule has 0 bridgehead atoms. The van der Waals surface area contributed by atoms with Gasteiger partial charge in [0.15, 0.2) is 5.78 Å². The molecule has 1 unspecified atom stereocenters. The summed E-state index contributed by atoms with van der Waals surface area (Å²) in [4.78, 5) is 12.5. The molecule has 0 fully saturated rings. The quantitative estimate of drug-likeness (QED) is 0.908. The summed E-state index contributed by atoms with van der Waals surface area (Å²) in [7, 11) is 0. The highest BCUT2D eigenvalue weighted by Crippen LogP contribution is 2.24. The van der Waals surface area contributed by atoms with E-state index < -0.39 is 0 Å². The number of benzene rings is 2. The van der Waals surface area contributed by atoms with Crippen LogP contribution in [-0.2, 0) is 17.6 Å². The second kappa shape index (κ2) is 5.37. The van der Waals surface area contributed by atoms with Crippen molar-refractivity contribution in [2.75, 3.05) is 6.54 Å². The smallest absolute Gasteiger partial charge is 0.158 e. The van der Waals surface area contributed by atoms with Crippen LogP contribution < -0.4 is 5.32 Å². The lowest BCUT2D eigenvalue weighted by Gasteiger charge is -2.25. The molecule has 1 aliphatic rings.